The number of thioether (sulfide) groups is 1. The van der Waals surface area contributed by atoms with Crippen LogP contribution >= 0.6 is 11.8 Å². The van der Waals surface area contributed by atoms with Crippen LogP contribution in [0.15, 0.2) is 24.3 Å². The highest BCUT2D eigenvalue weighted by atomic mass is 32.2. The Bertz CT molecular complexity index is 486. The first kappa shape index (κ1) is 19.7. The average molecular weight is 339 g/mol. The molecule has 0 saturated carbocycles. The van der Waals surface area contributed by atoms with Crippen LogP contribution in [0.4, 0.5) is 10.5 Å². The molecule has 0 bridgehead atoms. The lowest BCUT2D eigenvalue weighted by Crippen LogP contribution is -2.34. The fourth-order valence-electron chi connectivity index (χ4n) is 2.09. The Kier molecular flexibility index (Phi) is 8.31. The summed E-state index contributed by atoms with van der Waals surface area (Å²) in [6.45, 7) is 7.12. The normalized spacial score (nSPS) is 11.2. The van der Waals surface area contributed by atoms with Gasteiger partial charge in [-0.25, -0.2) is 4.79 Å². The van der Waals surface area contributed by atoms with Crippen molar-refractivity contribution < 1.29 is 9.53 Å². The predicted molar refractivity (Wildman–Crippen MR) is 100 cm³/mol. The Morgan fingerprint density at radius 2 is 1.96 bits per heavy atom. The number of hydrogen-bond acceptors (Lipinski definition) is 4. The summed E-state index contributed by atoms with van der Waals surface area (Å²) in [5.74, 6) is 1.20. The molecule has 5 heteroatoms. The van der Waals surface area contributed by atoms with Gasteiger partial charge in [0.15, 0.2) is 0 Å². The first-order chi connectivity index (χ1) is 10.8. The quantitative estimate of drug-likeness (QED) is 0.703. The van der Waals surface area contributed by atoms with E-state index in [1.165, 1.54) is 12.2 Å². The van der Waals surface area contributed by atoms with Gasteiger partial charge in [0.05, 0.1) is 6.54 Å². The summed E-state index contributed by atoms with van der Waals surface area (Å²) in [5.41, 5.74) is 1.72. The number of benzene rings is 1. The van der Waals surface area contributed by atoms with Crippen molar-refractivity contribution in [2.45, 2.75) is 45.8 Å². The Balaban J connectivity index is 2.57. The summed E-state index contributed by atoms with van der Waals surface area (Å²) < 4.78 is 5.40. The van der Waals surface area contributed by atoms with Crippen LogP contribution in [-0.2, 0) is 11.3 Å². The van der Waals surface area contributed by atoms with Gasteiger partial charge < -0.3 is 15.0 Å². The van der Waals surface area contributed by atoms with Gasteiger partial charge in [0.2, 0.25) is 0 Å². The monoisotopic (exact) mass is 338 g/mol. The number of rotatable bonds is 8. The van der Waals surface area contributed by atoms with Crippen LogP contribution in [0.25, 0.3) is 0 Å². The lowest BCUT2D eigenvalue weighted by Gasteiger charge is -2.25. The Morgan fingerprint density at radius 1 is 1.26 bits per heavy atom. The van der Waals surface area contributed by atoms with Gasteiger partial charge in [0.25, 0.3) is 0 Å². The van der Waals surface area contributed by atoms with E-state index in [1.54, 1.807) is 11.9 Å². The van der Waals surface area contributed by atoms with Gasteiger partial charge in [0.1, 0.15) is 5.60 Å². The van der Waals surface area contributed by atoms with Crippen molar-refractivity contribution in [1.82, 2.24) is 4.90 Å². The van der Waals surface area contributed by atoms with E-state index >= 15 is 0 Å². The maximum atomic E-state index is 12.1. The second-order valence-electron chi connectivity index (χ2n) is 6.62. The number of para-hydroxylation sites is 1. The Hall–Kier alpha value is -1.36. The van der Waals surface area contributed by atoms with Crippen LogP contribution in [-0.4, -0.2) is 42.2 Å². The molecule has 1 aromatic carbocycles. The number of nitrogens with one attached hydrogen (secondary N) is 1. The summed E-state index contributed by atoms with van der Waals surface area (Å²) in [5, 5.41) is 3.48. The van der Waals surface area contributed by atoms with Crippen LogP contribution in [0.3, 0.4) is 0 Å². The fraction of sp³-hybridized carbons (Fsp3) is 0.611. The van der Waals surface area contributed by atoms with Crippen LogP contribution in [0, 0.1) is 0 Å². The fourth-order valence-corrected chi connectivity index (χ4v) is 2.58. The first-order valence-corrected chi connectivity index (χ1v) is 9.47. The standard InChI is InChI=1S/C18H30N2O2S/c1-18(2,3)22-17(21)20(4)14-15-10-6-7-11-16(15)19-12-8-9-13-23-5/h6-7,10-11,19H,8-9,12-14H2,1-5H3. The number of carbonyl (C=O) groups is 1. The molecule has 1 rings (SSSR count). The van der Waals surface area contributed by atoms with Crippen LogP contribution in [0.5, 0.6) is 0 Å². The van der Waals surface area contributed by atoms with Gasteiger partial charge in [-0.1, -0.05) is 18.2 Å². The number of unbranched alkanes of at least 4 members (excludes halogenated alkanes) is 1. The summed E-state index contributed by atoms with van der Waals surface area (Å²) in [6.07, 6.45) is 4.20. The molecule has 0 atom stereocenters. The minimum Gasteiger partial charge on any atom is -0.444 e. The molecular weight excluding hydrogens is 308 g/mol. The largest absolute Gasteiger partial charge is 0.444 e. The Labute approximate surface area is 145 Å². The van der Waals surface area contributed by atoms with E-state index < -0.39 is 5.60 Å². The topological polar surface area (TPSA) is 41.6 Å². The molecule has 1 aromatic rings. The lowest BCUT2D eigenvalue weighted by molar-refractivity contribution is 0.0285. The van der Waals surface area contributed by atoms with Crippen molar-refractivity contribution >= 4 is 23.5 Å². The van der Waals surface area contributed by atoms with Crippen LogP contribution in [0.2, 0.25) is 0 Å². The predicted octanol–water partition coefficient (Wildman–Crippen LogP) is 4.61. The van der Waals surface area contributed by atoms with Gasteiger partial charge in [0, 0.05) is 19.3 Å². The van der Waals surface area contributed by atoms with E-state index in [1.807, 2.05) is 50.7 Å². The van der Waals surface area contributed by atoms with Crippen molar-refractivity contribution in [3.05, 3.63) is 29.8 Å². The second kappa shape index (κ2) is 9.71. The molecule has 0 radical (unpaired) electrons. The molecule has 4 nitrogen and oxygen atoms in total. The molecule has 23 heavy (non-hydrogen) atoms. The number of hydrogen-bond donors (Lipinski definition) is 1. The SMILES string of the molecule is CSCCCCNc1ccccc1CN(C)C(=O)OC(C)(C)C. The molecule has 0 aliphatic rings. The maximum Gasteiger partial charge on any atom is 0.410 e. The van der Waals surface area contributed by atoms with Crippen molar-refractivity contribution in [1.29, 1.82) is 0 Å². The van der Waals surface area contributed by atoms with E-state index in [4.69, 9.17) is 4.74 Å². The van der Waals surface area contributed by atoms with E-state index in [-0.39, 0.29) is 6.09 Å². The molecule has 1 N–H and O–H groups in total. The van der Waals surface area contributed by atoms with Crippen molar-refractivity contribution in [2.75, 3.05) is 30.9 Å². The molecular formula is C18H30N2O2S. The molecule has 0 heterocycles. The van der Waals surface area contributed by atoms with Gasteiger partial charge in [-0.15, -0.1) is 0 Å². The van der Waals surface area contributed by atoms with E-state index in [2.05, 4.69) is 17.6 Å². The van der Waals surface area contributed by atoms with E-state index in [0.29, 0.717) is 6.54 Å². The summed E-state index contributed by atoms with van der Waals surface area (Å²) in [4.78, 5) is 13.7. The second-order valence-corrected chi connectivity index (χ2v) is 7.61. The van der Waals surface area contributed by atoms with Gasteiger partial charge in [-0.2, -0.15) is 11.8 Å². The van der Waals surface area contributed by atoms with Crippen molar-refractivity contribution in [3.8, 4) is 0 Å². The maximum absolute atomic E-state index is 12.1. The zero-order valence-electron chi connectivity index (χ0n) is 15.0. The third-order valence-electron chi connectivity index (χ3n) is 3.22. The van der Waals surface area contributed by atoms with Crippen LogP contribution < -0.4 is 5.32 Å². The van der Waals surface area contributed by atoms with Gasteiger partial charge in [-0.3, -0.25) is 0 Å². The highest BCUT2D eigenvalue weighted by Crippen LogP contribution is 2.18. The van der Waals surface area contributed by atoms with E-state index in [9.17, 15) is 4.79 Å². The lowest BCUT2D eigenvalue weighted by atomic mass is 10.1. The summed E-state index contributed by atoms with van der Waals surface area (Å²) >= 11 is 1.88. The molecule has 0 saturated heterocycles. The first-order valence-electron chi connectivity index (χ1n) is 8.08. The minimum atomic E-state index is -0.472. The highest BCUT2D eigenvalue weighted by Gasteiger charge is 2.20. The molecule has 0 spiro atoms. The molecule has 1 amide bonds. The van der Waals surface area contributed by atoms with Crippen molar-refractivity contribution in [2.24, 2.45) is 0 Å². The summed E-state index contributed by atoms with van der Waals surface area (Å²) in [7, 11) is 1.77. The van der Waals surface area contributed by atoms with Gasteiger partial charge in [-0.05, 0) is 57.3 Å². The highest BCUT2D eigenvalue weighted by molar-refractivity contribution is 7.98. The zero-order chi connectivity index (χ0) is 17.3. The Morgan fingerprint density at radius 3 is 2.61 bits per heavy atom. The number of ether oxygens (including phenoxy) is 1. The molecule has 0 aliphatic heterocycles. The third-order valence-corrected chi connectivity index (χ3v) is 3.92. The number of carbonyl (C=O) groups excluding carboxylic acids is 1. The van der Waals surface area contributed by atoms with E-state index in [0.717, 1.165) is 24.2 Å². The summed E-state index contributed by atoms with van der Waals surface area (Å²) in [6, 6.07) is 8.12. The number of anilines is 1. The molecule has 0 aromatic heterocycles. The van der Waals surface area contributed by atoms with Gasteiger partial charge >= 0.3 is 6.09 Å². The van der Waals surface area contributed by atoms with Crippen molar-refractivity contribution in [3.63, 3.8) is 0 Å². The minimum absolute atomic E-state index is 0.299. The average Bonchev–Trinajstić information content (AvgIpc) is 2.47. The molecule has 130 valence electrons. The molecule has 0 fully saturated rings. The molecule has 0 unspecified atom stereocenters. The van der Waals surface area contributed by atoms with Crippen LogP contribution in [0.1, 0.15) is 39.2 Å². The third kappa shape index (κ3) is 8.16. The number of amides is 1. The smallest absolute Gasteiger partial charge is 0.410 e. The zero-order valence-corrected chi connectivity index (χ0v) is 15.8. The number of nitrogens with zero attached hydrogens (tertiary/aromatic N) is 1. The molecule has 0 aliphatic carbocycles.